The topological polar surface area (TPSA) is 93.6 Å². The summed E-state index contributed by atoms with van der Waals surface area (Å²) in [5.41, 5.74) is 6.31. The van der Waals surface area contributed by atoms with Crippen molar-refractivity contribution in [2.45, 2.75) is 37.0 Å². The zero-order chi connectivity index (χ0) is 18.9. The molecule has 0 spiro atoms. The van der Waals surface area contributed by atoms with Gasteiger partial charge in [0.2, 0.25) is 0 Å². The number of halogens is 1. The molecule has 0 radical (unpaired) electrons. The largest absolute Gasteiger partial charge is 0.459 e. The maximum Gasteiger partial charge on any atom is 0.289 e. The Labute approximate surface area is 166 Å². The van der Waals surface area contributed by atoms with Crippen molar-refractivity contribution in [2.75, 3.05) is 13.1 Å². The quantitative estimate of drug-likeness (QED) is 0.833. The molecule has 1 amide bonds. The number of furan rings is 1. The molecule has 2 heterocycles. The minimum Gasteiger partial charge on any atom is -0.459 e. The van der Waals surface area contributed by atoms with Crippen molar-refractivity contribution in [1.29, 1.82) is 0 Å². The van der Waals surface area contributed by atoms with Crippen LogP contribution in [0.4, 0.5) is 0 Å². The van der Waals surface area contributed by atoms with Crippen LogP contribution in [0, 0.1) is 5.41 Å². The van der Waals surface area contributed by atoms with Crippen LogP contribution < -0.4 is 5.73 Å². The smallest absolute Gasteiger partial charge is 0.289 e. The van der Waals surface area contributed by atoms with Gasteiger partial charge in [-0.1, -0.05) is 32.0 Å². The van der Waals surface area contributed by atoms with E-state index in [2.05, 4.69) is 0 Å². The zero-order valence-corrected chi connectivity index (χ0v) is 17.1. The molecule has 148 valence electrons. The molecule has 1 aliphatic heterocycles. The molecular formula is C19H25ClN2O4S. The van der Waals surface area contributed by atoms with Gasteiger partial charge in [-0.2, -0.15) is 0 Å². The number of carbonyl (C=O) groups excluding carboxylic acids is 1. The number of piperidine rings is 1. The number of benzene rings is 1. The third kappa shape index (κ3) is 4.54. The highest BCUT2D eigenvalue weighted by Gasteiger charge is 2.37. The van der Waals surface area contributed by atoms with Crippen molar-refractivity contribution in [3.05, 3.63) is 54.0 Å². The summed E-state index contributed by atoms with van der Waals surface area (Å²) in [6, 6.07) is 9.78. The van der Waals surface area contributed by atoms with Crippen LogP contribution in [0.1, 0.15) is 36.4 Å². The third-order valence-electron chi connectivity index (χ3n) is 4.99. The average Bonchev–Trinajstić information content (AvgIpc) is 3.04. The Morgan fingerprint density at radius 1 is 1.26 bits per heavy atom. The van der Waals surface area contributed by atoms with Crippen molar-refractivity contribution >= 4 is 28.2 Å². The van der Waals surface area contributed by atoms with Gasteiger partial charge in [-0.3, -0.25) is 4.79 Å². The number of hydrogen-bond donors (Lipinski definition) is 1. The first-order chi connectivity index (χ1) is 12.2. The first kappa shape index (κ1) is 21.5. The Morgan fingerprint density at radius 2 is 1.93 bits per heavy atom. The Kier molecular flexibility index (Phi) is 6.39. The predicted octanol–water partition coefficient (Wildman–Crippen LogP) is 2.87. The van der Waals surface area contributed by atoms with Crippen molar-refractivity contribution in [1.82, 2.24) is 4.90 Å². The van der Waals surface area contributed by atoms with Gasteiger partial charge in [0, 0.05) is 24.7 Å². The summed E-state index contributed by atoms with van der Waals surface area (Å²) in [7, 11) is -3.55. The number of amides is 1. The molecule has 1 aromatic carbocycles. The van der Waals surface area contributed by atoms with E-state index in [1.54, 1.807) is 41.3 Å². The summed E-state index contributed by atoms with van der Waals surface area (Å²) in [5, 5.41) is 0. The molecule has 6 nitrogen and oxygen atoms in total. The molecule has 0 aliphatic carbocycles. The van der Waals surface area contributed by atoms with E-state index in [1.165, 1.54) is 6.26 Å². The van der Waals surface area contributed by atoms with E-state index < -0.39 is 9.84 Å². The van der Waals surface area contributed by atoms with Crippen molar-refractivity contribution in [2.24, 2.45) is 11.1 Å². The van der Waals surface area contributed by atoms with Crippen LogP contribution in [-0.2, 0) is 15.6 Å². The summed E-state index contributed by atoms with van der Waals surface area (Å²) in [4.78, 5) is 14.8. The zero-order valence-electron chi connectivity index (χ0n) is 15.4. The maximum absolute atomic E-state index is 12.9. The van der Waals surface area contributed by atoms with Crippen LogP contribution >= 0.6 is 12.4 Å². The van der Waals surface area contributed by atoms with E-state index in [0.717, 1.165) is 0 Å². The lowest BCUT2D eigenvalue weighted by molar-refractivity contribution is 0.0502. The second-order valence-electron chi connectivity index (χ2n) is 7.46. The van der Waals surface area contributed by atoms with Gasteiger partial charge in [0.15, 0.2) is 15.6 Å². The van der Waals surface area contributed by atoms with Crippen LogP contribution in [0.15, 0.2) is 52.0 Å². The van der Waals surface area contributed by atoms with Gasteiger partial charge in [-0.05, 0) is 30.0 Å². The fourth-order valence-corrected chi connectivity index (χ4v) is 4.62. The number of sulfone groups is 1. The monoisotopic (exact) mass is 412 g/mol. The molecule has 3 rings (SSSR count). The minimum absolute atomic E-state index is 0. The summed E-state index contributed by atoms with van der Waals surface area (Å²) in [5.74, 6) is -0.463. The fourth-order valence-electron chi connectivity index (χ4n) is 3.24. The minimum atomic E-state index is -3.55. The van der Waals surface area contributed by atoms with Crippen LogP contribution in [0.3, 0.4) is 0 Å². The van der Waals surface area contributed by atoms with Crippen molar-refractivity contribution < 1.29 is 17.6 Å². The number of nitrogens with two attached hydrogens (primary N) is 1. The van der Waals surface area contributed by atoms with Gasteiger partial charge in [0.05, 0.1) is 16.9 Å². The van der Waals surface area contributed by atoms with E-state index in [-0.39, 0.29) is 46.2 Å². The number of hydrogen-bond acceptors (Lipinski definition) is 5. The van der Waals surface area contributed by atoms with Crippen LogP contribution in [0.2, 0.25) is 0 Å². The summed E-state index contributed by atoms with van der Waals surface area (Å²) in [6.07, 6.45) is 2.07. The molecule has 1 atom stereocenters. The molecule has 1 aliphatic rings. The lowest BCUT2D eigenvalue weighted by Crippen LogP contribution is -2.54. The molecule has 0 bridgehead atoms. The van der Waals surface area contributed by atoms with E-state index >= 15 is 0 Å². The molecule has 27 heavy (non-hydrogen) atoms. The molecule has 1 unspecified atom stereocenters. The summed E-state index contributed by atoms with van der Waals surface area (Å²) in [6.45, 7) is 5.10. The number of nitrogens with zero attached hydrogens (tertiary/aromatic N) is 1. The highest BCUT2D eigenvalue weighted by molar-refractivity contribution is 7.90. The molecule has 0 saturated carbocycles. The van der Waals surface area contributed by atoms with Crippen LogP contribution in [-0.4, -0.2) is 38.4 Å². The van der Waals surface area contributed by atoms with Gasteiger partial charge in [0.25, 0.3) is 5.91 Å². The number of carbonyl (C=O) groups is 1. The SMILES string of the molecule is CC1(C)CN(C(=O)c2occc2CS(=O)(=O)c2ccccc2)CCC1N.Cl. The molecule has 1 fully saturated rings. The standard InChI is InChI=1S/C19H24N2O4S.ClH/c1-19(2)13-21(10-8-16(19)20)18(22)17-14(9-11-25-17)12-26(23,24)15-6-4-3-5-7-15;/h3-7,9,11,16H,8,10,12-13,20H2,1-2H3;1H. The Morgan fingerprint density at radius 3 is 2.56 bits per heavy atom. The molecule has 1 aromatic heterocycles. The maximum atomic E-state index is 12.9. The van der Waals surface area contributed by atoms with Gasteiger partial charge in [-0.15, -0.1) is 12.4 Å². The lowest BCUT2D eigenvalue weighted by atomic mass is 9.79. The molecule has 8 heteroatoms. The molecular weight excluding hydrogens is 388 g/mol. The van der Waals surface area contributed by atoms with Gasteiger partial charge in [0.1, 0.15) is 0 Å². The van der Waals surface area contributed by atoms with E-state index in [9.17, 15) is 13.2 Å². The Balaban J connectivity index is 0.00000261. The predicted molar refractivity (Wildman–Crippen MR) is 106 cm³/mol. The second kappa shape index (κ2) is 8.04. The van der Waals surface area contributed by atoms with Crippen LogP contribution in [0.5, 0.6) is 0 Å². The number of rotatable bonds is 4. The van der Waals surface area contributed by atoms with Gasteiger partial charge in [-0.25, -0.2) is 8.42 Å². The van der Waals surface area contributed by atoms with Gasteiger partial charge < -0.3 is 15.1 Å². The van der Waals surface area contributed by atoms with E-state index in [0.29, 0.717) is 25.1 Å². The van der Waals surface area contributed by atoms with Crippen LogP contribution in [0.25, 0.3) is 0 Å². The Hall–Kier alpha value is -1.83. The van der Waals surface area contributed by atoms with Gasteiger partial charge >= 0.3 is 0 Å². The highest BCUT2D eigenvalue weighted by Crippen LogP contribution is 2.29. The summed E-state index contributed by atoms with van der Waals surface area (Å²) < 4.78 is 30.6. The lowest BCUT2D eigenvalue weighted by Gasteiger charge is -2.42. The van der Waals surface area contributed by atoms with Crippen molar-refractivity contribution in [3.8, 4) is 0 Å². The second-order valence-corrected chi connectivity index (χ2v) is 9.45. The molecule has 1 saturated heterocycles. The molecule has 2 N–H and O–H groups in total. The third-order valence-corrected chi connectivity index (χ3v) is 6.67. The van der Waals surface area contributed by atoms with Crippen molar-refractivity contribution in [3.63, 3.8) is 0 Å². The molecule has 2 aromatic rings. The first-order valence-corrected chi connectivity index (χ1v) is 10.2. The fraction of sp³-hybridized carbons (Fsp3) is 0.421. The highest BCUT2D eigenvalue weighted by atomic mass is 35.5. The van der Waals surface area contributed by atoms with E-state index in [1.807, 2.05) is 13.8 Å². The van der Waals surface area contributed by atoms with E-state index in [4.69, 9.17) is 10.2 Å². The average molecular weight is 413 g/mol. The normalized spacial score (nSPS) is 19.4. The Bertz CT molecular complexity index is 893. The summed E-state index contributed by atoms with van der Waals surface area (Å²) >= 11 is 0. The first-order valence-electron chi connectivity index (χ1n) is 8.60. The number of likely N-dealkylation sites (tertiary alicyclic amines) is 1.